The third kappa shape index (κ3) is 13.5. The van der Waals surface area contributed by atoms with Gasteiger partial charge in [-0.25, -0.2) is 14.4 Å². The molecular weight excluding hydrogens is 492 g/mol. The first kappa shape index (κ1) is 34.7. The van der Waals surface area contributed by atoms with Gasteiger partial charge in [0, 0.05) is 0 Å². The third-order valence-corrected chi connectivity index (χ3v) is 7.62. The van der Waals surface area contributed by atoms with E-state index in [1.54, 1.807) is 0 Å². The topological polar surface area (TPSA) is 78.9 Å². The van der Waals surface area contributed by atoms with Crippen LogP contribution in [0.3, 0.4) is 0 Å². The number of carbonyl (C=O) groups excluding carboxylic acids is 3. The fraction of sp³-hybridized carbons (Fsp3) is 0.727. The zero-order valence-electron chi connectivity index (χ0n) is 25.5. The van der Waals surface area contributed by atoms with Gasteiger partial charge in [0.1, 0.15) is 0 Å². The molecule has 0 aliphatic carbocycles. The summed E-state index contributed by atoms with van der Waals surface area (Å²) in [6, 6.07) is 4.41. The van der Waals surface area contributed by atoms with Crippen LogP contribution in [0.4, 0.5) is 0 Å². The number of carbonyl (C=O) groups is 3. The summed E-state index contributed by atoms with van der Waals surface area (Å²) in [5.41, 5.74) is 0.494. The van der Waals surface area contributed by atoms with Gasteiger partial charge in [-0.15, -0.1) is 0 Å². The van der Waals surface area contributed by atoms with E-state index in [2.05, 4.69) is 41.5 Å². The minimum Gasteiger partial charge on any atom is -0.462 e. The molecular formula is C33H54O6. The largest absolute Gasteiger partial charge is 0.462 e. The molecule has 3 atom stereocenters. The lowest BCUT2D eigenvalue weighted by atomic mass is 10.00. The minimum absolute atomic E-state index is 0.165. The lowest BCUT2D eigenvalue weighted by Crippen LogP contribution is -2.18. The van der Waals surface area contributed by atoms with Crippen LogP contribution in [-0.4, -0.2) is 37.7 Å². The van der Waals surface area contributed by atoms with Gasteiger partial charge in [-0.2, -0.15) is 0 Å². The van der Waals surface area contributed by atoms with Gasteiger partial charge in [0.25, 0.3) is 0 Å². The Bertz CT molecular complexity index is 727. The molecule has 0 heterocycles. The predicted octanol–water partition coefficient (Wildman–Crippen LogP) is 8.81. The second-order valence-corrected chi connectivity index (χ2v) is 10.8. The van der Waals surface area contributed by atoms with E-state index in [4.69, 9.17) is 14.2 Å². The predicted molar refractivity (Wildman–Crippen MR) is 157 cm³/mol. The van der Waals surface area contributed by atoms with Crippen LogP contribution >= 0.6 is 0 Å². The molecule has 1 rings (SSSR count). The van der Waals surface area contributed by atoms with E-state index in [9.17, 15) is 14.4 Å². The van der Waals surface area contributed by atoms with Crippen molar-refractivity contribution in [1.29, 1.82) is 0 Å². The second kappa shape index (κ2) is 20.5. The Morgan fingerprint density at radius 3 is 0.974 bits per heavy atom. The number of unbranched alkanes of at least 4 members (excludes halogenated alkanes) is 3. The highest BCUT2D eigenvalue weighted by Crippen LogP contribution is 2.20. The van der Waals surface area contributed by atoms with Gasteiger partial charge in [-0.05, 0) is 55.2 Å². The Morgan fingerprint density at radius 2 is 0.769 bits per heavy atom. The van der Waals surface area contributed by atoms with Crippen molar-refractivity contribution >= 4 is 17.9 Å². The molecule has 1 aromatic rings. The first-order valence-electron chi connectivity index (χ1n) is 15.5. The smallest absolute Gasteiger partial charge is 0.338 e. The van der Waals surface area contributed by atoms with Crippen molar-refractivity contribution in [3.05, 3.63) is 34.9 Å². The number of hydrogen-bond acceptors (Lipinski definition) is 6. The molecule has 0 radical (unpaired) electrons. The standard InChI is InChI=1S/C33H54O6/c1-7-13-16-25(10-4)22-37-31(34)28-19-29(32(35)38-23-26(11-5)17-14-8-2)21-30(20-28)33(36)39-24-27(12-6)18-15-9-3/h19-21,25-27H,7-18,22-24H2,1-6H3. The van der Waals surface area contributed by atoms with Crippen molar-refractivity contribution in [3.8, 4) is 0 Å². The van der Waals surface area contributed by atoms with Crippen molar-refractivity contribution in [3.63, 3.8) is 0 Å². The van der Waals surface area contributed by atoms with Gasteiger partial charge in [-0.1, -0.05) is 99.3 Å². The Labute approximate surface area is 237 Å². The molecule has 0 fully saturated rings. The van der Waals surface area contributed by atoms with E-state index in [0.29, 0.717) is 19.8 Å². The summed E-state index contributed by atoms with van der Waals surface area (Å²) >= 11 is 0. The zero-order valence-corrected chi connectivity index (χ0v) is 25.5. The molecule has 0 saturated carbocycles. The Balaban J connectivity index is 3.10. The molecule has 0 N–H and O–H groups in total. The number of hydrogen-bond donors (Lipinski definition) is 0. The molecule has 0 bridgehead atoms. The van der Waals surface area contributed by atoms with Gasteiger partial charge in [0.2, 0.25) is 0 Å². The normalized spacial score (nSPS) is 13.4. The second-order valence-electron chi connectivity index (χ2n) is 10.8. The summed E-state index contributed by atoms with van der Waals surface area (Å²) in [6.07, 6.45) is 12.3. The number of ether oxygens (including phenoxy) is 3. The molecule has 0 saturated heterocycles. The van der Waals surface area contributed by atoms with Crippen molar-refractivity contribution in [2.75, 3.05) is 19.8 Å². The maximum Gasteiger partial charge on any atom is 0.338 e. The molecule has 0 aliphatic heterocycles. The average Bonchev–Trinajstić information content (AvgIpc) is 2.96. The summed E-state index contributed by atoms with van der Waals surface area (Å²) in [4.78, 5) is 39.1. The van der Waals surface area contributed by atoms with Crippen LogP contribution in [0.1, 0.15) is 150 Å². The summed E-state index contributed by atoms with van der Waals surface area (Å²) in [6.45, 7) is 13.6. The SMILES string of the molecule is CCCCC(CC)COC(=O)c1cc(C(=O)OCC(CC)CCCC)cc(C(=O)OCC(CC)CCCC)c1. The Morgan fingerprint density at radius 1 is 0.513 bits per heavy atom. The fourth-order valence-corrected chi connectivity index (χ4v) is 4.51. The van der Waals surface area contributed by atoms with Crippen LogP contribution in [0.2, 0.25) is 0 Å². The van der Waals surface area contributed by atoms with Gasteiger partial charge in [0.05, 0.1) is 36.5 Å². The molecule has 222 valence electrons. The molecule has 0 aromatic heterocycles. The Kier molecular flexibility index (Phi) is 18.2. The number of rotatable bonds is 21. The van der Waals surface area contributed by atoms with Crippen LogP contribution in [-0.2, 0) is 14.2 Å². The molecule has 0 spiro atoms. The monoisotopic (exact) mass is 546 g/mol. The highest BCUT2D eigenvalue weighted by atomic mass is 16.5. The van der Waals surface area contributed by atoms with E-state index in [-0.39, 0.29) is 34.4 Å². The molecule has 0 amide bonds. The molecule has 0 aliphatic rings. The highest BCUT2D eigenvalue weighted by Gasteiger charge is 2.21. The van der Waals surface area contributed by atoms with Crippen LogP contribution in [0.25, 0.3) is 0 Å². The summed E-state index contributed by atoms with van der Waals surface area (Å²) in [5.74, 6) is -0.772. The Hall–Kier alpha value is -2.37. The number of esters is 3. The van der Waals surface area contributed by atoms with Gasteiger partial charge in [0.15, 0.2) is 0 Å². The van der Waals surface area contributed by atoms with Crippen LogP contribution in [0, 0.1) is 17.8 Å². The summed E-state index contributed by atoms with van der Waals surface area (Å²) in [5, 5.41) is 0. The average molecular weight is 547 g/mol. The lowest BCUT2D eigenvalue weighted by Gasteiger charge is -2.17. The quantitative estimate of drug-likeness (QED) is 0.113. The van der Waals surface area contributed by atoms with E-state index < -0.39 is 17.9 Å². The maximum atomic E-state index is 13.0. The zero-order chi connectivity index (χ0) is 29.0. The van der Waals surface area contributed by atoms with Crippen LogP contribution in [0.5, 0.6) is 0 Å². The van der Waals surface area contributed by atoms with Gasteiger partial charge < -0.3 is 14.2 Å². The van der Waals surface area contributed by atoms with Gasteiger partial charge in [-0.3, -0.25) is 0 Å². The van der Waals surface area contributed by atoms with E-state index in [1.165, 1.54) is 18.2 Å². The van der Waals surface area contributed by atoms with E-state index in [1.807, 2.05) is 0 Å². The maximum absolute atomic E-state index is 13.0. The molecule has 1 aromatic carbocycles. The summed E-state index contributed by atoms with van der Waals surface area (Å²) < 4.78 is 16.9. The van der Waals surface area contributed by atoms with Crippen molar-refractivity contribution < 1.29 is 28.6 Å². The first-order chi connectivity index (χ1) is 18.8. The molecule has 39 heavy (non-hydrogen) atoms. The third-order valence-electron chi connectivity index (χ3n) is 7.62. The number of benzene rings is 1. The van der Waals surface area contributed by atoms with Crippen LogP contribution in [0.15, 0.2) is 18.2 Å². The molecule has 6 nitrogen and oxygen atoms in total. The van der Waals surface area contributed by atoms with Crippen molar-refractivity contribution in [2.45, 2.75) is 119 Å². The van der Waals surface area contributed by atoms with Gasteiger partial charge >= 0.3 is 17.9 Å². The van der Waals surface area contributed by atoms with Crippen molar-refractivity contribution in [2.24, 2.45) is 17.8 Å². The van der Waals surface area contributed by atoms with Crippen LogP contribution < -0.4 is 0 Å². The molecule has 6 heteroatoms. The molecule has 3 unspecified atom stereocenters. The fourth-order valence-electron chi connectivity index (χ4n) is 4.51. The lowest BCUT2D eigenvalue weighted by molar-refractivity contribution is 0.0423. The first-order valence-corrected chi connectivity index (χ1v) is 15.5. The summed E-state index contributed by atoms with van der Waals surface area (Å²) in [7, 11) is 0. The highest BCUT2D eigenvalue weighted by molar-refractivity contribution is 6.00. The van der Waals surface area contributed by atoms with Crippen molar-refractivity contribution in [1.82, 2.24) is 0 Å². The van der Waals surface area contributed by atoms with E-state index in [0.717, 1.165) is 77.0 Å². The minimum atomic E-state index is -0.544. The van der Waals surface area contributed by atoms with E-state index >= 15 is 0 Å².